The number of rotatable bonds is 4. The lowest BCUT2D eigenvalue weighted by molar-refractivity contribution is 0.626. The minimum Gasteiger partial charge on any atom is -0.382 e. The lowest BCUT2D eigenvalue weighted by Crippen LogP contribution is -2.02. The number of anilines is 1. The van der Waals surface area contributed by atoms with Crippen LogP contribution in [0.15, 0.2) is 22.6 Å². The molecule has 2 saturated carbocycles. The molecule has 98 valence electrons. The Hall–Kier alpha value is -1.63. The van der Waals surface area contributed by atoms with Crippen LogP contribution in [-0.2, 0) is 0 Å². The first kappa shape index (κ1) is 11.2. The van der Waals surface area contributed by atoms with E-state index in [0.717, 1.165) is 16.0 Å². The van der Waals surface area contributed by atoms with E-state index in [1.54, 1.807) is 12.4 Å². The zero-order chi connectivity index (χ0) is 12.8. The Labute approximate surface area is 114 Å². The van der Waals surface area contributed by atoms with Crippen molar-refractivity contribution in [2.24, 2.45) is 0 Å². The van der Waals surface area contributed by atoms with Crippen molar-refractivity contribution in [1.82, 2.24) is 24.7 Å². The quantitative estimate of drug-likeness (QED) is 0.918. The van der Waals surface area contributed by atoms with E-state index >= 15 is 0 Å². The van der Waals surface area contributed by atoms with Crippen LogP contribution < -0.4 is 5.73 Å². The minimum absolute atomic E-state index is 0.435. The van der Waals surface area contributed by atoms with Gasteiger partial charge in [-0.2, -0.15) is 0 Å². The normalized spacial score (nSPS) is 18.7. The van der Waals surface area contributed by atoms with Crippen LogP contribution in [0.4, 0.5) is 5.82 Å². The third-order valence-corrected chi connectivity index (χ3v) is 4.24. The average molecular weight is 274 g/mol. The first-order valence-corrected chi connectivity index (χ1v) is 7.33. The molecule has 2 N–H and O–H groups in total. The predicted octanol–water partition coefficient (Wildman–Crippen LogP) is 2.01. The molecule has 0 amide bonds. The molecule has 0 saturated heterocycles. The summed E-state index contributed by atoms with van der Waals surface area (Å²) in [5.41, 5.74) is 5.66. The van der Waals surface area contributed by atoms with Crippen molar-refractivity contribution in [1.29, 1.82) is 0 Å². The number of nitrogens with zero attached hydrogens (tertiary/aromatic N) is 5. The maximum Gasteiger partial charge on any atom is 0.197 e. The Kier molecular flexibility index (Phi) is 2.48. The van der Waals surface area contributed by atoms with Gasteiger partial charge in [0.15, 0.2) is 5.16 Å². The van der Waals surface area contributed by atoms with Crippen LogP contribution in [0.5, 0.6) is 0 Å². The summed E-state index contributed by atoms with van der Waals surface area (Å²) in [6, 6.07) is 0.585. The second-order valence-electron chi connectivity index (χ2n) is 5.10. The Bertz CT molecular complexity index is 616. The van der Waals surface area contributed by atoms with Gasteiger partial charge in [0, 0.05) is 12.0 Å². The van der Waals surface area contributed by atoms with Crippen molar-refractivity contribution in [3.63, 3.8) is 0 Å². The van der Waals surface area contributed by atoms with Crippen LogP contribution in [0.1, 0.15) is 43.5 Å². The molecule has 2 heterocycles. The molecule has 0 aromatic carbocycles. The molecule has 2 aliphatic rings. The fourth-order valence-corrected chi connectivity index (χ4v) is 3.03. The lowest BCUT2D eigenvalue weighted by Gasteiger charge is -2.07. The highest BCUT2D eigenvalue weighted by Crippen LogP contribution is 2.46. The SMILES string of the molecule is Nc1cncc(Sc2nnc(C3CC3)n2C2CC2)n1. The van der Waals surface area contributed by atoms with Crippen LogP contribution >= 0.6 is 11.8 Å². The lowest BCUT2D eigenvalue weighted by atomic mass is 10.4. The van der Waals surface area contributed by atoms with Gasteiger partial charge in [-0.3, -0.25) is 4.98 Å². The van der Waals surface area contributed by atoms with Gasteiger partial charge < -0.3 is 10.3 Å². The van der Waals surface area contributed by atoms with Gasteiger partial charge in [-0.05, 0) is 37.4 Å². The van der Waals surface area contributed by atoms with E-state index in [2.05, 4.69) is 24.7 Å². The van der Waals surface area contributed by atoms with Gasteiger partial charge in [0.25, 0.3) is 0 Å². The molecule has 7 heteroatoms. The zero-order valence-electron chi connectivity index (χ0n) is 10.4. The molecule has 0 atom stereocenters. The Morgan fingerprint density at radius 1 is 1.16 bits per heavy atom. The molecule has 19 heavy (non-hydrogen) atoms. The largest absolute Gasteiger partial charge is 0.382 e. The highest BCUT2D eigenvalue weighted by Gasteiger charge is 2.36. The molecule has 6 nitrogen and oxygen atoms in total. The Morgan fingerprint density at radius 2 is 2.00 bits per heavy atom. The Morgan fingerprint density at radius 3 is 2.68 bits per heavy atom. The second kappa shape index (κ2) is 4.19. The number of aromatic nitrogens is 5. The molecule has 0 aliphatic heterocycles. The van der Waals surface area contributed by atoms with E-state index in [0.29, 0.717) is 17.8 Å². The topological polar surface area (TPSA) is 82.5 Å². The summed E-state index contributed by atoms with van der Waals surface area (Å²) < 4.78 is 2.30. The number of hydrogen-bond donors (Lipinski definition) is 1. The van der Waals surface area contributed by atoms with Crippen molar-refractivity contribution in [2.45, 2.75) is 47.8 Å². The Balaban J connectivity index is 1.67. The number of nitrogens with two attached hydrogens (primary N) is 1. The first-order valence-electron chi connectivity index (χ1n) is 6.51. The molecular formula is C12H14N6S. The van der Waals surface area contributed by atoms with Gasteiger partial charge in [0.05, 0.1) is 12.4 Å². The highest BCUT2D eigenvalue weighted by molar-refractivity contribution is 7.99. The van der Waals surface area contributed by atoms with Crippen molar-refractivity contribution in [3.05, 3.63) is 18.2 Å². The van der Waals surface area contributed by atoms with E-state index in [1.807, 2.05) is 0 Å². The third kappa shape index (κ3) is 2.18. The molecule has 0 radical (unpaired) electrons. The fraction of sp³-hybridized carbons (Fsp3) is 0.500. The maximum atomic E-state index is 5.66. The summed E-state index contributed by atoms with van der Waals surface area (Å²) in [6.45, 7) is 0. The van der Waals surface area contributed by atoms with E-state index in [9.17, 15) is 0 Å². The summed E-state index contributed by atoms with van der Waals surface area (Å²) in [5.74, 6) is 2.21. The molecule has 2 aromatic rings. The van der Waals surface area contributed by atoms with E-state index in [1.165, 1.54) is 37.4 Å². The molecule has 0 spiro atoms. The number of nitrogen functional groups attached to an aromatic ring is 1. The number of hydrogen-bond acceptors (Lipinski definition) is 6. The summed E-state index contributed by atoms with van der Waals surface area (Å²) in [5, 5.41) is 10.4. The third-order valence-electron chi connectivity index (χ3n) is 3.37. The van der Waals surface area contributed by atoms with Crippen LogP contribution in [-0.4, -0.2) is 24.7 Å². The fourth-order valence-electron chi connectivity index (χ4n) is 2.16. The molecule has 0 unspecified atom stereocenters. The van der Waals surface area contributed by atoms with Crippen molar-refractivity contribution in [2.75, 3.05) is 5.73 Å². The standard InChI is InChI=1S/C12H14N6S/c13-9-5-14-6-10(15-9)19-12-17-16-11(7-1-2-7)18(12)8-3-4-8/h5-8H,1-4H2,(H2,13,15). The zero-order valence-corrected chi connectivity index (χ0v) is 11.2. The van der Waals surface area contributed by atoms with Gasteiger partial charge in [0.1, 0.15) is 16.7 Å². The first-order chi connectivity index (χ1) is 9.31. The molecular weight excluding hydrogens is 260 g/mol. The van der Waals surface area contributed by atoms with E-state index in [4.69, 9.17) is 5.73 Å². The predicted molar refractivity (Wildman–Crippen MR) is 70.8 cm³/mol. The highest BCUT2D eigenvalue weighted by atomic mass is 32.2. The molecule has 2 aromatic heterocycles. The van der Waals surface area contributed by atoms with E-state index < -0.39 is 0 Å². The monoisotopic (exact) mass is 274 g/mol. The maximum absolute atomic E-state index is 5.66. The van der Waals surface area contributed by atoms with Crippen molar-refractivity contribution >= 4 is 17.6 Å². The van der Waals surface area contributed by atoms with Crippen LogP contribution in [0, 0.1) is 0 Å². The van der Waals surface area contributed by atoms with Crippen LogP contribution in [0.25, 0.3) is 0 Å². The van der Waals surface area contributed by atoms with Gasteiger partial charge in [-0.1, -0.05) is 0 Å². The van der Waals surface area contributed by atoms with Gasteiger partial charge in [-0.15, -0.1) is 10.2 Å². The van der Waals surface area contributed by atoms with Gasteiger partial charge >= 0.3 is 0 Å². The summed E-state index contributed by atoms with van der Waals surface area (Å²) in [6.07, 6.45) is 8.21. The minimum atomic E-state index is 0.435. The second-order valence-corrected chi connectivity index (χ2v) is 6.09. The molecule has 4 rings (SSSR count). The average Bonchev–Trinajstić information content (AvgIpc) is 3.30. The summed E-state index contributed by atoms with van der Waals surface area (Å²) in [4.78, 5) is 8.32. The van der Waals surface area contributed by atoms with Crippen LogP contribution in [0.2, 0.25) is 0 Å². The molecule has 2 aliphatic carbocycles. The van der Waals surface area contributed by atoms with Crippen LogP contribution in [0.3, 0.4) is 0 Å². The van der Waals surface area contributed by atoms with Gasteiger partial charge in [0.2, 0.25) is 0 Å². The van der Waals surface area contributed by atoms with Crippen molar-refractivity contribution < 1.29 is 0 Å². The smallest absolute Gasteiger partial charge is 0.197 e. The van der Waals surface area contributed by atoms with Gasteiger partial charge in [-0.25, -0.2) is 4.98 Å². The summed E-state index contributed by atoms with van der Waals surface area (Å²) >= 11 is 1.50. The molecule has 2 fully saturated rings. The summed E-state index contributed by atoms with van der Waals surface area (Å²) in [7, 11) is 0. The molecule has 0 bridgehead atoms. The van der Waals surface area contributed by atoms with E-state index in [-0.39, 0.29) is 0 Å². The van der Waals surface area contributed by atoms with Crippen molar-refractivity contribution in [3.8, 4) is 0 Å².